The lowest BCUT2D eigenvalue weighted by molar-refractivity contribution is 0.0822. The highest BCUT2D eigenvalue weighted by Gasteiger charge is 2.23. The van der Waals surface area contributed by atoms with Crippen LogP contribution >= 0.6 is 0 Å². The van der Waals surface area contributed by atoms with Crippen LogP contribution in [0, 0.1) is 5.92 Å². The van der Waals surface area contributed by atoms with Gasteiger partial charge in [0.1, 0.15) is 6.61 Å². The van der Waals surface area contributed by atoms with Gasteiger partial charge in [0, 0.05) is 13.1 Å². The second-order valence-electron chi connectivity index (χ2n) is 5.28. The van der Waals surface area contributed by atoms with Gasteiger partial charge in [-0.1, -0.05) is 37.3 Å². The zero-order valence-corrected chi connectivity index (χ0v) is 12.2. The van der Waals surface area contributed by atoms with E-state index in [0.717, 1.165) is 44.6 Å². The third kappa shape index (κ3) is 4.53. The molecule has 110 valence electrons. The van der Waals surface area contributed by atoms with E-state index < -0.39 is 0 Å². The summed E-state index contributed by atoms with van der Waals surface area (Å²) in [6, 6.07) is 9.80. The van der Waals surface area contributed by atoms with Crippen molar-refractivity contribution >= 4 is 6.09 Å². The average Bonchev–Trinajstić information content (AvgIpc) is 2.52. The van der Waals surface area contributed by atoms with Crippen molar-refractivity contribution in [1.29, 1.82) is 0 Å². The maximum Gasteiger partial charge on any atom is 0.410 e. The Labute approximate surface area is 121 Å². The largest absolute Gasteiger partial charge is 0.445 e. The molecule has 1 amide bonds. The van der Waals surface area contributed by atoms with Crippen LogP contribution in [0.5, 0.6) is 0 Å². The first-order valence-corrected chi connectivity index (χ1v) is 7.46. The zero-order valence-electron chi connectivity index (χ0n) is 12.2. The molecule has 0 aromatic heterocycles. The summed E-state index contributed by atoms with van der Waals surface area (Å²) in [4.78, 5) is 13.8. The van der Waals surface area contributed by atoms with Crippen molar-refractivity contribution in [3.05, 3.63) is 35.9 Å². The van der Waals surface area contributed by atoms with E-state index in [0.29, 0.717) is 12.5 Å². The fourth-order valence-corrected chi connectivity index (χ4v) is 2.48. The minimum atomic E-state index is -0.184. The zero-order chi connectivity index (χ0) is 14.2. The van der Waals surface area contributed by atoms with Crippen molar-refractivity contribution in [2.75, 3.05) is 26.2 Å². The summed E-state index contributed by atoms with van der Waals surface area (Å²) in [6.07, 6.45) is 1.94. The molecule has 20 heavy (non-hydrogen) atoms. The van der Waals surface area contributed by atoms with Crippen LogP contribution in [-0.4, -0.2) is 37.2 Å². The van der Waals surface area contributed by atoms with Crippen LogP contribution in [0.2, 0.25) is 0 Å². The summed E-state index contributed by atoms with van der Waals surface area (Å²) >= 11 is 0. The summed E-state index contributed by atoms with van der Waals surface area (Å²) in [7, 11) is 0. The first-order valence-electron chi connectivity index (χ1n) is 7.46. The Balaban J connectivity index is 1.69. The predicted molar refractivity (Wildman–Crippen MR) is 79.5 cm³/mol. The second-order valence-corrected chi connectivity index (χ2v) is 5.28. The number of benzene rings is 1. The third-order valence-electron chi connectivity index (χ3n) is 3.76. The fourth-order valence-electron chi connectivity index (χ4n) is 2.48. The van der Waals surface area contributed by atoms with Crippen molar-refractivity contribution in [2.24, 2.45) is 5.92 Å². The molecule has 1 aromatic carbocycles. The van der Waals surface area contributed by atoms with Crippen molar-refractivity contribution in [3.63, 3.8) is 0 Å². The van der Waals surface area contributed by atoms with Gasteiger partial charge in [0.05, 0.1) is 0 Å². The number of ether oxygens (including phenoxy) is 1. The van der Waals surface area contributed by atoms with Gasteiger partial charge in [-0.05, 0) is 37.4 Å². The molecule has 1 fully saturated rings. The summed E-state index contributed by atoms with van der Waals surface area (Å²) in [5.74, 6) is 0.688. The minimum Gasteiger partial charge on any atom is -0.445 e. The number of hydrogen-bond donors (Lipinski definition) is 1. The van der Waals surface area contributed by atoms with Crippen LogP contribution in [0.1, 0.15) is 25.3 Å². The molecule has 0 aliphatic carbocycles. The molecule has 0 bridgehead atoms. The van der Waals surface area contributed by atoms with Crippen LogP contribution in [0.4, 0.5) is 4.79 Å². The normalized spacial score (nSPS) is 16.1. The van der Waals surface area contributed by atoms with Crippen molar-refractivity contribution < 1.29 is 9.53 Å². The Bertz CT molecular complexity index is 400. The monoisotopic (exact) mass is 276 g/mol. The van der Waals surface area contributed by atoms with Gasteiger partial charge in [-0.15, -0.1) is 0 Å². The Kier molecular flexibility index (Phi) is 5.87. The molecule has 0 atom stereocenters. The molecular formula is C16H24N2O2. The Morgan fingerprint density at radius 1 is 1.30 bits per heavy atom. The number of likely N-dealkylation sites (tertiary alicyclic amines) is 1. The highest BCUT2D eigenvalue weighted by molar-refractivity contribution is 5.67. The van der Waals surface area contributed by atoms with Gasteiger partial charge in [-0.25, -0.2) is 4.79 Å². The van der Waals surface area contributed by atoms with E-state index in [-0.39, 0.29) is 6.09 Å². The first-order chi connectivity index (χ1) is 9.79. The number of rotatable bonds is 5. The fraction of sp³-hybridized carbons (Fsp3) is 0.562. The lowest BCUT2D eigenvalue weighted by atomic mass is 9.97. The van der Waals surface area contributed by atoms with E-state index in [2.05, 4.69) is 12.2 Å². The number of nitrogens with one attached hydrogen (secondary N) is 1. The molecule has 4 nitrogen and oxygen atoms in total. The highest BCUT2D eigenvalue weighted by atomic mass is 16.6. The van der Waals surface area contributed by atoms with Crippen LogP contribution in [0.15, 0.2) is 30.3 Å². The number of carbonyl (C=O) groups excluding carboxylic acids is 1. The van der Waals surface area contributed by atoms with Gasteiger partial charge in [-0.3, -0.25) is 0 Å². The molecule has 0 saturated carbocycles. The van der Waals surface area contributed by atoms with Crippen molar-refractivity contribution in [3.8, 4) is 0 Å². The van der Waals surface area contributed by atoms with E-state index in [1.165, 1.54) is 0 Å². The van der Waals surface area contributed by atoms with Gasteiger partial charge in [-0.2, -0.15) is 0 Å². The molecule has 1 aromatic rings. The molecule has 0 unspecified atom stereocenters. The topological polar surface area (TPSA) is 41.6 Å². The number of carbonyl (C=O) groups is 1. The molecule has 1 aliphatic heterocycles. The third-order valence-corrected chi connectivity index (χ3v) is 3.76. The van der Waals surface area contributed by atoms with E-state index in [9.17, 15) is 4.79 Å². The second kappa shape index (κ2) is 7.90. The first kappa shape index (κ1) is 14.9. The van der Waals surface area contributed by atoms with E-state index in [4.69, 9.17) is 4.74 Å². The number of amides is 1. The van der Waals surface area contributed by atoms with Crippen LogP contribution < -0.4 is 5.32 Å². The summed E-state index contributed by atoms with van der Waals surface area (Å²) < 4.78 is 5.36. The minimum absolute atomic E-state index is 0.184. The molecule has 0 radical (unpaired) electrons. The van der Waals surface area contributed by atoms with E-state index in [1.807, 2.05) is 35.2 Å². The maximum atomic E-state index is 12.0. The SMILES string of the molecule is CCNCC1CCN(C(=O)OCc2ccccc2)CC1. The summed E-state index contributed by atoms with van der Waals surface area (Å²) in [5.41, 5.74) is 1.03. The van der Waals surface area contributed by atoms with Gasteiger partial charge in [0.25, 0.3) is 0 Å². The molecule has 1 aliphatic rings. The van der Waals surface area contributed by atoms with Crippen LogP contribution in [-0.2, 0) is 11.3 Å². The molecule has 4 heteroatoms. The Morgan fingerprint density at radius 3 is 2.65 bits per heavy atom. The van der Waals surface area contributed by atoms with Crippen molar-refractivity contribution in [2.45, 2.75) is 26.4 Å². The lowest BCUT2D eigenvalue weighted by Gasteiger charge is -2.31. The van der Waals surface area contributed by atoms with Gasteiger partial charge >= 0.3 is 6.09 Å². The molecule has 1 heterocycles. The molecule has 1 N–H and O–H groups in total. The van der Waals surface area contributed by atoms with Crippen LogP contribution in [0.25, 0.3) is 0 Å². The smallest absolute Gasteiger partial charge is 0.410 e. The van der Waals surface area contributed by atoms with Crippen molar-refractivity contribution in [1.82, 2.24) is 10.2 Å². The number of hydrogen-bond acceptors (Lipinski definition) is 3. The molecule has 2 rings (SSSR count). The summed E-state index contributed by atoms with van der Waals surface area (Å²) in [5, 5.41) is 3.37. The maximum absolute atomic E-state index is 12.0. The van der Waals surface area contributed by atoms with Gasteiger partial charge < -0.3 is 15.0 Å². The summed E-state index contributed by atoms with van der Waals surface area (Å²) in [6.45, 7) is 6.17. The standard InChI is InChI=1S/C16H24N2O2/c1-2-17-12-14-8-10-18(11-9-14)16(19)20-13-15-6-4-3-5-7-15/h3-7,14,17H,2,8-13H2,1H3. The molecule has 1 saturated heterocycles. The van der Waals surface area contributed by atoms with Crippen LogP contribution in [0.3, 0.4) is 0 Å². The van der Waals surface area contributed by atoms with Gasteiger partial charge in [0.2, 0.25) is 0 Å². The lowest BCUT2D eigenvalue weighted by Crippen LogP contribution is -2.41. The van der Waals surface area contributed by atoms with E-state index >= 15 is 0 Å². The molecule has 0 spiro atoms. The molecular weight excluding hydrogens is 252 g/mol. The highest BCUT2D eigenvalue weighted by Crippen LogP contribution is 2.17. The predicted octanol–water partition coefficient (Wildman–Crippen LogP) is 2.64. The average molecular weight is 276 g/mol. The Morgan fingerprint density at radius 2 is 2.00 bits per heavy atom. The van der Waals surface area contributed by atoms with E-state index in [1.54, 1.807) is 0 Å². The quantitative estimate of drug-likeness (QED) is 0.899. The van der Waals surface area contributed by atoms with Gasteiger partial charge in [0.15, 0.2) is 0 Å². The Hall–Kier alpha value is -1.55. The number of nitrogens with zero attached hydrogens (tertiary/aromatic N) is 1. The number of piperidine rings is 1.